The van der Waals surface area contributed by atoms with E-state index in [-0.39, 0.29) is 12.5 Å². The van der Waals surface area contributed by atoms with E-state index in [1.54, 1.807) is 6.20 Å². The van der Waals surface area contributed by atoms with Gasteiger partial charge in [0.15, 0.2) is 0 Å². The number of anilines is 1. The van der Waals surface area contributed by atoms with E-state index in [1.165, 1.54) is 0 Å². The van der Waals surface area contributed by atoms with E-state index in [2.05, 4.69) is 20.3 Å². The van der Waals surface area contributed by atoms with E-state index in [1.807, 2.05) is 42.8 Å². The second kappa shape index (κ2) is 7.86. The van der Waals surface area contributed by atoms with Crippen LogP contribution in [0.3, 0.4) is 0 Å². The fraction of sp³-hybridized carbons (Fsp3) is 0.526. The molecule has 1 aliphatic heterocycles. The van der Waals surface area contributed by atoms with Crippen molar-refractivity contribution in [3.63, 3.8) is 0 Å². The minimum atomic E-state index is -0.900. The molecular weight excluding hydrogens is 330 g/mol. The molecule has 0 spiro atoms. The number of β-amino-alcohol motifs (C(OH)–C–C–N with tert-alkyl or cyclic N) is 1. The van der Waals surface area contributed by atoms with Crippen molar-refractivity contribution in [1.29, 1.82) is 0 Å². The fourth-order valence-electron chi connectivity index (χ4n) is 3.38. The first-order chi connectivity index (χ1) is 12.5. The van der Waals surface area contributed by atoms with Crippen LogP contribution in [0.2, 0.25) is 0 Å². The highest BCUT2D eigenvalue weighted by Crippen LogP contribution is 2.24. The molecule has 1 saturated heterocycles. The molecule has 7 heteroatoms. The molecule has 1 aliphatic rings. The SMILES string of the molecule is Cc1cc(C)n(CCCC(=O)NC[C@]2(O)CCN(c3ccccn3)C2)n1. The lowest BCUT2D eigenvalue weighted by Gasteiger charge is -2.24. The lowest BCUT2D eigenvalue weighted by Crippen LogP contribution is -2.45. The van der Waals surface area contributed by atoms with E-state index in [4.69, 9.17) is 0 Å². The summed E-state index contributed by atoms with van der Waals surface area (Å²) in [6.07, 6.45) is 3.53. The Hall–Kier alpha value is -2.41. The Labute approximate surface area is 154 Å². The van der Waals surface area contributed by atoms with Crippen LogP contribution >= 0.6 is 0 Å². The summed E-state index contributed by atoms with van der Waals surface area (Å²) in [7, 11) is 0. The second-order valence-electron chi connectivity index (χ2n) is 7.11. The van der Waals surface area contributed by atoms with Crippen molar-refractivity contribution in [3.8, 4) is 0 Å². The zero-order chi connectivity index (χ0) is 18.6. The van der Waals surface area contributed by atoms with E-state index in [9.17, 15) is 9.90 Å². The van der Waals surface area contributed by atoms with Gasteiger partial charge in [-0.3, -0.25) is 9.48 Å². The summed E-state index contributed by atoms with van der Waals surface area (Å²) >= 11 is 0. The normalized spacial score (nSPS) is 19.7. The van der Waals surface area contributed by atoms with Crippen molar-refractivity contribution in [1.82, 2.24) is 20.1 Å². The van der Waals surface area contributed by atoms with Crippen LogP contribution in [0.1, 0.15) is 30.7 Å². The topological polar surface area (TPSA) is 83.3 Å². The van der Waals surface area contributed by atoms with E-state index in [0.717, 1.165) is 36.7 Å². The number of hydrogen-bond donors (Lipinski definition) is 2. The number of hydrogen-bond acceptors (Lipinski definition) is 5. The van der Waals surface area contributed by atoms with Gasteiger partial charge in [0, 0.05) is 44.5 Å². The molecule has 7 nitrogen and oxygen atoms in total. The number of carbonyl (C=O) groups excluding carboxylic acids is 1. The third kappa shape index (κ3) is 4.60. The molecule has 26 heavy (non-hydrogen) atoms. The highest BCUT2D eigenvalue weighted by Gasteiger charge is 2.36. The van der Waals surface area contributed by atoms with Crippen molar-refractivity contribution in [2.45, 2.75) is 45.3 Å². The van der Waals surface area contributed by atoms with Crippen LogP contribution in [0.25, 0.3) is 0 Å². The third-order valence-corrected chi connectivity index (χ3v) is 4.80. The predicted octanol–water partition coefficient (Wildman–Crippen LogP) is 1.43. The quantitative estimate of drug-likeness (QED) is 0.783. The number of aryl methyl sites for hydroxylation is 3. The number of nitrogens with zero attached hydrogens (tertiary/aromatic N) is 4. The Morgan fingerprint density at radius 1 is 1.38 bits per heavy atom. The van der Waals surface area contributed by atoms with Crippen molar-refractivity contribution < 1.29 is 9.90 Å². The Balaban J connectivity index is 1.41. The number of amides is 1. The maximum Gasteiger partial charge on any atom is 0.220 e. The summed E-state index contributed by atoms with van der Waals surface area (Å²) in [5.41, 5.74) is 1.20. The van der Waals surface area contributed by atoms with E-state index in [0.29, 0.717) is 19.4 Å². The standard InChI is InChI=1S/C19H27N5O2/c1-15-12-16(2)24(22-15)10-5-7-18(25)21-13-19(26)8-11-23(14-19)17-6-3-4-9-20-17/h3-4,6,9,12,26H,5,7-8,10-11,13-14H2,1-2H3,(H,21,25)/t19-/m1/s1. The van der Waals surface area contributed by atoms with Crippen LogP contribution < -0.4 is 10.2 Å². The number of pyridine rings is 1. The van der Waals surface area contributed by atoms with Gasteiger partial charge in [0.1, 0.15) is 11.4 Å². The Kier molecular flexibility index (Phi) is 5.56. The zero-order valence-corrected chi connectivity index (χ0v) is 15.5. The molecule has 0 unspecified atom stereocenters. The summed E-state index contributed by atoms with van der Waals surface area (Å²) in [6.45, 7) is 6.20. The Morgan fingerprint density at radius 2 is 2.23 bits per heavy atom. The second-order valence-corrected chi connectivity index (χ2v) is 7.11. The number of aromatic nitrogens is 3. The molecule has 0 aromatic carbocycles. The molecule has 2 N–H and O–H groups in total. The van der Waals surface area contributed by atoms with Gasteiger partial charge in [0.25, 0.3) is 0 Å². The predicted molar refractivity (Wildman–Crippen MR) is 100.0 cm³/mol. The molecule has 0 saturated carbocycles. The van der Waals surface area contributed by atoms with Crippen LogP contribution in [0.4, 0.5) is 5.82 Å². The molecule has 0 radical (unpaired) electrons. The minimum absolute atomic E-state index is 0.0313. The van der Waals surface area contributed by atoms with Gasteiger partial charge in [0.2, 0.25) is 5.91 Å². The van der Waals surface area contributed by atoms with Gasteiger partial charge < -0.3 is 15.3 Å². The number of rotatable bonds is 7. The molecule has 3 heterocycles. The number of nitrogens with one attached hydrogen (secondary N) is 1. The average molecular weight is 357 g/mol. The van der Waals surface area contributed by atoms with Crippen LogP contribution in [0.15, 0.2) is 30.5 Å². The van der Waals surface area contributed by atoms with Crippen LogP contribution in [-0.2, 0) is 11.3 Å². The maximum absolute atomic E-state index is 12.1. The van der Waals surface area contributed by atoms with Gasteiger partial charge in [-0.25, -0.2) is 4.98 Å². The molecule has 3 rings (SSSR count). The molecule has 0 aliphatic carbocycles. The van der Waals surface area contributed by atoms with E-state index < -0.39 is 5.60 Å². The molecule has 2 aromatic heterocycles. The average Bonchev–Trinajstić information content (AvgIpc) is 3.17. The zero-order valence-electron chi connectivity index (χ0n) is 15.5. The highest BCUT2D eigenvalue weighted by molar-refractivity contribution is 5.75. The monoisotopic (exact) mass is 357 g/mol. The summed E-state index contributed by atoms with van der Waals surface area (Å²) < 4.78 is 1.93. The van der Waals surface area contributed by atoms with Crippen molar-refractivity contribution in [2.75, 3.05) is 24.5 Å². The molecule has 1 atom stereocenters. The first-order valence-corrected chi connectivity index (χ1v) is 9.11. The van der Waals surface area contributed by atoms with Gasteiger partial charge in [-0.2, -0.15) is 5.10 Å². The highest BCUT2D eigenvalue weighted by atomic mass is 16.3. The summed E-state index contributed by atoms with van der Waals surface area (Å²) in [6, 6.07) is 7.77. The molecule has 0 bridgehead atoms. The minimum Gasteiger partial charge on any atom is -0.386 e. The molecule has 1 amide bonds. The van der Waals surface area contributed by atoms with Crippen molar-refractivity contribution in [2.24, 2.45) is 0 Å². The van der Waals surface area contributed by atoms with Crippen molar-refractivity contribution in [3.05, 3.63) is 41.9 Å². The molecular formula is C19H27N5O2. The first kappa shape index (κ1) is 18.4. The summed E-state index contributed by atoms with van der Waals surface area (Å²) in [4.78, 5) is 18.5. The van der Waals surface area contributed by atoms with Gasteiger partial charge in [-0.15, -0.1) is 0 Å². The van der Waals surface area contributed by atoms with E-state index >= 15 is 0 Å². The van der Waals surface area contributed by atoms with Crippen LogP contribution in [-0.4, -0.2) is 51.0 Å². The first-order valence-electron chi connectivity index (χ1n) is 9.11. The molecule has 1 fully saturated rings. The summed E-state index contributed by atoms with van der Waals surface area (Å²) in [5.74, 6) is 0.830. The van der Waals surface area contributed by atoms with Gasteiger partial charge in [0.05, 0.1) is 5.69 Å². The van der Waals surface area contributed by atoms with Gasteiger partial charge >= 0.3 is 0 Å². The number of aliphatic hydroxyl groups is 1. The van der Waals surface area contributed by atoms with Gasteiger partial charge in [-0.1, -0.05) is 6.07 Å². The Morgan fingerprint density at radius 3 is 2.92 bits per heavy atom. The largest absolute Gasteiger partial charge is 0.386 e. The fourth-order valence-corrected chi connectivity index (χ4v) is 3.38. The van der Waals surface area contributed by atoms with Crippen LogP contribution in [0, 0.1) is 13.8 Å². The smallest absolute Gasteiger partial charge is 0.220 e. The Bertz CT molecular complexity index is 746. The van der Waals surface area contributed by atoms with Crippen molar-refractivity contribution >= 4 is 11.7 Å². The number of carbonyl (C=O) groups is 1. The van der Waals surface area contributed by atoms with Gasteiger partial charge in [-0.05, 0) is 44.9 Å². The lowest BCUT2D eigenvalue weighted by molar-refractivity contribution is -0.122. The summed E-state index contributed by atoms with van der Waals surface area (Å²) in [5, 5.41) is 18.0. The van der Waals surface area contributed by atoms with Crippen LogP contribution in [0.5, 0.6) is 0 Å². The maximum atomic E-state index is 12.1. The third-order valence-electron chi connectivity index (χ3n) is 4.80. The molecule has 2 aromatic rings. The molecule has 140 valence electrons. The lowest BCUT2D eigenvalue weighted by atomic mass is 10.0.